The highest BCUT2D eigenvalue weighted by Crippen LogP contribution is 2.22. The van der Waals surface area contributed by atoms with Gasteiger partial charge in [0.25, 0.3) is 0 Å². The first-order valence-corrected chi connectivity index (χ1v) is 7.81. The molecule has 1 aliphatic rings. The zero-order chi connectivity index (χ0) is 16.2. The summed E-state index contributed by atoms with van der Waals surface area (Å²) < 4.78 is 19.0. The van der Waals surface area contributed by atoms with E-state index in [9.17, 15) is 9.50 Å². The van der Waals surface area contributed by atoms with Crippen molar-refractivity contribution in [3.63, 3.8) is 0 Å². The Labute approximate surface area is 146 Å². The molecule has 0 spiro atoms. The van der Waals surface area contributed by atoms with E-state index in [1.165, 1.54) is 12.1 Å². The molecule has 24 heavy (non-hydrogen) atoms. The van der Waals surface area contributed by atoms with Gasteiger partial charge in [-0.2, -0.15) is 0 Å². The lowest BCUT2D eigenvalue weighted by Gasteiger charge is -2.12. The predicted octanol–water partition coefficient (Wildman–Crippen LogP) is 3.91. The molecule has 1 fully saturated rings. The number of phenolic OH excluding ortho intramolecular Hbond substituents is 1. The van der Waals surface area contributed by atoms with Crippen molar-refractivity contribution in [2.75, 3.05) is 11.9 Å². The monoisotopic (exact) mass is 353 g/mol. The summed E-state index contributed by atoms with van der Waals surface area (Å²) in [5.74, 6) is -0.638. The van der Waals surface area contributed by atoms with E-state index in [0.29, 0.717) is 17.7 Å². The summed E-state index contributed by atoms with van der Waals surface area (Å²) in [4.78, 5) is 8.75. The molecule has 5 nitrogen and oxygen atoms in total. The number of phenols is 1. The quantitative estimate of drug-likeness (QED) is 0.798. The van der Waals surface area contributed by atoms with Gasteiger partial charge in [-0.05, 0) is 50.3 Å². The van der Waals surface area contributed by atoms with Crippen molar-refractivity contribution >= 4 is 24.0 Å². The van der Waals surface area contributed by atoms with Crippen LogP contribution in [0.25, 0.3) is 0 Å². The third kappa shape index (κ3) is 4.55. The van der Waals surface area contributed by atoms with Crippen LogP contribution in [0, 0.1) is 12.7 Å². The molecular weight excluding hydrogens is 333 g/mol. The van der Waals surface area contributed by atoms with E-state index in [-0.39, 0.29) is 18.2 Å². The van der Waals surface area contributed by atoms with Crippen LogP contribution in [0.15, 0.2) is 24.4 Å². The SMILES string of the molecule is Cc1cnc(Nc2ccc(O)c(F)c2)nc1CCC1CCCO1.Cl. The lowest BCUT2D eigenvalue weighted by atomic mass is 10.1. The molecule has 2 aromatic rings. The van der Waals surface area contributed by atoms with Crippen molar-refractivity contribution < 1.29 is 14.2 Å². The molecule has 0 bridgehead atoms. The first-order valence-electron chi connectivity index (χ1n) is 7.81. The van der Waals surface area contributed by atoms with Crippen molar-refractivity contribution in [3.8, 4) is 5.75 Å². The molecule has 0 radical (unpaired) electrons. The number of ether oxygens (including phenoxy) is 1. The van der Waals surface area contributed by atoms with Crippen molar-refractivity contribution in [1.82, 2.24) is 9.97 Å². The van der Waals surface area contributed by atoms with Gasteiger partial charge in [0.15, 0.2) is 11.6 Å². The topological polar surface area (TPSA) is 67.3 Å². The Kier molecular flexibility index (Phi) is 6.34. The number of anilines is 2. The highest BCUT2D eigenvalue weighted by atomic mass is 35.5. The highest BCUT2D eigenvalue weighted by Gasteiger charge is 2.16. The molecular formula is C17H21ClFN3O2. The van der Waals surface area contributed by atoms with Crippen LogP contribution in [-0.2, 0) is 11.2 Å². The molecule has 1 unspecified atom stereocenters. The molecule has 1 atom stereocenters. The Morgan fingerprint density at radius 1 is 1.42 bits per heavy atom. The standard InChI is InChI=1S/C17H20FN3O2.ClH/c1-11-10-19-17(20-12-4-7-16(22)14(18)9-12)21-15(11)6-5-13-3-2-8-23-13;/h4,7,9-10,13,22H,2-3,5-6,8H2,1H3,(H,19,20,21);1H. The van der Waals surface area contributed by atoms with Crippen LogP contribution in [0.3, 0.4) is 0 Å². The zero-order valence-electron chi connectivity index (χ0n) is 13.5. The summed E-state index contributed by atoms with van der Waals surface area (Å²) in [6, 6.07) is 4.09. The van der Waals surface area contributed by atoms with Crippen molar-refractivity contribution in [2.45, 2.75) is 38.7 Å². The minimum absolute atomic E-state index is 0. The number of hydrogen-bond acceptors (Lipinski definition) is 5. The van der Waals surface area contributed by atoms with Crippen LogP contribution in [-0.4, -0.2) is 27.8 Å². The van der Waals surface area contributed by atoms with Crippen LogP contribution < -0.4 is 5.32 Å². The first-order chi connectivity index (χ1) is 11.1. The fraction of sp³-hybridized carbons (Fsp3) is 0.412. The van der Waals surface area contributed by atoms with Crippen LogP contribution in [0.2, 0.25) is 0 Å². The van der Waals surface area contributed by atoms with E-state index < -0.39 is 5.82 Å². The van der Waals surface area contributed by atoms with Gasteiger partial charge >= 0.3 is 0 Å². The van der Waals surface area contributed by atoms with E-state index in [0.717, 1.165) is 43.5 Å². The van der Waals surface area contributed by atoms with E-state index in [1.807, 2.05) is 6.92 Å². The average molecular weight is 354 g/mol. The van der Waals surface area contributed by atoms with Crippen LogP contribution in [0.1, 0.15) is 30.5 Å². The van der Waals surface area contributed by atoms with E-state index in [2.05, 4.69) is 15.3 Å². The Morgan fingerprint density at radius 3 is 2.96 bits per heavy atom. The molecule has 0 saturated carbocycles. The minimum atomic E-state index is -0.680. The number of benzene rings is 1. The summed E-state index contributed by atoms with van der Waals surface area (Å²) in [6.45, 7) is 2.83. The van der Waals surface area contributed by atoms with E-state index in [1.54, 1.807) is 12.3 Å². The number of aromatic nitrogens is 2. The molecule has 1 aromatic heterocycles. The summed E-state index contributed by atoms with van der Waals surface area (Å²) >= 11 is 0. The minimum Gasteiger partial charge on any atom is -0.505 e. The van der Waals surface area contributed by atoms with Crippen molar-refractivity contribution in [2.24, 2.45) is 0 Å². The third-order valence-corrected chi connectivity index (χ3v) is 4.01. The number of hydrogen-bond donors (Lipinski definition) is 2. The molecule has 1 aromatic carbocycles. The summed E-state index contributed by atoms with van der Waals surface area (Å²) in [5, 5.41) is 12.2. The van der Waals surface area contributed by atoms with Gasteiger partial charge in [0.1, 0.15) is 0 Å². The van der Waals surface area contributed by atoms with Gasteiger partial charge in [-0.3, -0.25) is 0 Å². The Hall–Kier alpha value is -1.92. The second-order valence-electron chi connectivity index (χ2n) is 5.79. The Balaban J connectivity index is 0.00000208. The summed E-state index contributed by atoms with van der Waals surface area (Å²) in [5.41, 5.74) is 2.50. The second-order valence-corrected chi connectivity index (χ2v) is 5.79. The molecule has 0 amide bonds. The molecule has 7 heteroatoms. The van der Waals surface area contributed by atoms with Gasteiger partial charge in [0.05, 0.1) is 6.10 Å². The maximum absolute atomic E-state index is 13.4. The fourth-order valence-electron chi connectivity index (χ4n) is 2.67. The molecule has 1 saturated heterocycles. The number of nitrogens with zero attached hydrogens (tertiary/aromatic N) is 2. The Bertz CT molecular complexity index is 694. The largest absolute Gasteiger partial charge is 0.505 e. The Morgan fingerprint density at radius 2 is 2.25 bits per heavy atom. The molecule has 2 N–H and O–H groups in total. The van der Waals surface area contributed by atoms with Gasteiger partial charge in [-0.15, -0.1) is 12.4 Å². The van der Waals surface area contributed by atoms with Gasteiger partial charge < -0.3 is 15.2 Å². The average Bonchev–Trinajstić information content (AvgIpc) is 3.05. The lowest BCUT2D eigenvalue weighted by molar-refractivity contribution is 0.104. The molecule has 0 aliphatic carbocycles. The molecule has 2 heterocycles. The molecule has 130 valence electrons. The maximum atomic E-state index is 13.4. The maximum Gasteiger partial charge on any atom is 0.227 e. The van der Waals surface area contributed by atoms with Crippen LogP contribution in [0.5, 0.6) is 5.75 Å². The molecule has 1 aliphatic heterocycles. The van der Waals surface area contributed by atoms with Gasteiger partial charge in [0, 0.05) is 30.3 Å². The summed E-state index contributed by atoms with van der Waals surface area (Å²) in [7, 11) is 0. The van der Waals surface area contributed by atoms with E-state index in [4.69, 9.17) is 4.74 Å². The number of nitrogens with one attached hydrogen (secondary N) is 1. The molecule has 3 rings (SSSR count). The zero-order valence-corrected chi connectivity index (χ0v) is 14.3. The van der Waals surface area contributed by atoms with Crippen molar-refractivity contribution in [3.05, 3.63) is 41.5 Å². The summed E-state index contributed by atoms with van der Waals surface area (Å²) in [6.07, 6.45) is 6.11. The smallest absolute Gasteiger partial charge is 0.227 e. The third-order valence-electron chi connectivity index (χ3n) is 4.01. The number of aryl methyl sites for hydroxylation is 2. The van der Waals surface area contributed by atoms with Gasteiger partial charge in [-0.25, -0.2) is 14.4 Å². The van der Waals surface area contributed by atoms with Crippen LogP contribution in [0.4, 0.5) is 16.0 Å². The highest BCUT2D eigenvalue weighted by molar-refractivity contribution is 5.85. The lowest BCUT2D eigenvalue weighted by Crippen LogP contribution is -2.09. The van der Waals surface area contributed by atoms with Crippen LogP contribution >= 0.6 is 12.4 Å². The number of rotatable bonds is 5. The first kappa shape index (κ1) is 18.4. The predicted molar refractivity (Wildman–Crippen MR) is 92.7 cm³/mol. The normalized spacial score (nSPS) is 16.7. The van der Waals surface area contributed by atoms with Gasteiger partial charge in [0.2, 0.25) is 5.95 Å². The van der Waals surface area contributed by atoms with Crippen molar-refractivity contribution in [1.29, 1.82) is 0 Å². The second kappa shape index (κ2) is 8.26. The number of halogens is 2. The van der Waals surface area contributed by atoms with E-state index >= 15 is 0 Å². The van der Waals surface area contributed by atoms with Gasteiger partial charge in [-0.1, -0.05) is 0 Å². The number of aromatic hydroxyl groups is 1. The fourth-order valence-corrected chi connectivity index (χ4v) is 2.67.